The van der Waals surface area contributed by atoms with Crippen molar-refractivity contribution in [3.63, 3.8) is 0 Å². The lowest BCUT2D eigenvalue weighted by atomic mass is 10.2. The monoisotopic (exact) mass is 314 g/mol. The quantitative estimate of drug-likeness (QED) is 0.719. The van der Waals surface area contributed by atoms with Crippen molar-refractivity contribution < 1.29 is 17.9 Å². The van der Waals surface area contributed by atoms with Crippen molar-refractivity contribution in [2.24, 2.45) is 0 Å². The first-order valence-corrected chi connectivity index (χ1v) is 8.18. The summed E-state index contributed by atoms with van der Waals surface area (Å²) in [7, 11) is -2.12. The summed E-state index contributed by atoms with van der Waals surface area (Å²) in [5.41, 5.74) is 0.981. The van der Waals surface area contributed by atoms with Crippen LogP contribution in [0.2, 0.25) is 0 Å². The van der Waals surface area contributed by atoms with Gasteiger partial charge in [-0.25, -0.2) is 8.42 Å². The minimum atomic E-state index is -3.65. The summed E-state index contributed by atoms with van der Waals surface area (Å²) in [4.78, 5) is 11.9. The number of methoxy groups -OCH3 is 1. The zero-order chi connectivity index (χ0) is 15.9. The fourth-order valence-corrected chi connectivity index (χ4v) is 3.14. The minimum Gasteiger partial charge on any atom is -0.383 e. The highest BCUT2D eigenvalue weighted by atomic mass is 32.2. The number of benzene rings is 1. The zero-order valence-corrected chi connectivity index (χ0v) is 13.4. The molecule has 0 aromatic heterocycles. The van der Waals surface area contributed by atoms with Crippen molar-refractivity contribution in [3.8, 4) is 0 Å². The Morgan fingerprint density at radius 1 is 1.29 bits per heavy atom. The van der Waals surface area contributed by atoms with Gasteiger partial charge >= 0.3 is 0 Å². The summed E-state index contributed by atoms with van der Waals surface area (Å²) in [5.74, 6) is -0.343. The van der Waals surface area contributed by atoms with E-state index < -0.39 is 10.0 Å². The van der Waals surface area contributed by atoms with Gasteiger partial charge in [0.15, 0.2) is 0 Å². The fourth-order valence-electron chi connectivity index (χ4n) is 1.73. The molecule has 0 unspecified atom stereocenters. The molecule has 0 radical (unpaired) electrons. The molecule has 1 N–H and O–H groups in total. The van der Waals surface area contributed by atoms with E-state index in [1.165, 1.54) is 7.11 Å². The molecule has 0 saturated heterocycles. The van der Waals surface area contributed by atoms with Gasteiger partial charge in [0.25, 0.3) is 0 Å². The molecule has 118 valence electrons. The first-order chi connectivity index (χ1) is 9.91. The van der Waals surface area contributed by atoms with Crippen LogP contribution in [-0.4, -0.2) is 52.0 Å². The Hall–Kier alpha value is -1.44. The Labute approximate surface area is 126 Å². The second-order valence-corrected chi connectivity index (χ2v) is 6.52. The Morgan fingerprint density at radius 2 is 1.90 bits per heavy atom. The molecule has 0 fully saturated rings. The largest absolute Gasteiger partial charge is 0.383 e. The van der Waals surface area contributed by atoms with E-state index in [2.05, 4.69) is 5.32 Å². The first kappa shape index (κ1) is 17.6. The molecular formula is C14H22N2O4S. The summed E-state index contributed by atoms with van der Waals surface area (Å²) >= 11 is 0. The molecule has 21 heavy (non-hydrogen) atoms. The number of nitrogens with zero attached hydrogens (tertiary/aromatic N) is 1. The number of hydrogen-bond acceptors (Lipinski definition) is 4. The molecular weight excluding hydrogens is 292 g/mol. The van der Waals surface area contributed by atoms with Crippen LogP contribution in [0.1, 0.15) is 12.5 Å². The molecule has 1 aromatic carbocycles. The molecule has 1 rings (SSSR count). The van der Waals surface area contributed by atoms with E-state index in [0.29, 0.717) is 13.2 Å². The maximum absolute atomic E-state index is 12.5. The third kappa shape index (κ3) is 5.11. The fraction of sp³-hybridized carbons (Fsp3) is 0.500. The standard InChI is InChI=1S/C14H22N2O4S/c1-4-16(11-14(17)15-9-10-20-3)21(18,19)13-7-5-12(2)6-8-13/h5-8H,4,9-11H2,1-3H3,(H,15,17). The number of aryl methyl sites for hydroxylation is 1. The number of nitrogens with one attached hydrogen (secondary N) is 1. The zero-order valence-electron chi connectivity index (χ0n) is 12.6. The van der Waals surface area contributed by atoms with Gasteiger partial charge in [-0.3, -0.25) is 4.79 Å². The van der Waals surface area contributed by atoms with E-state index in [4.69, 9.17) is 4.74 Å². The maximum Gasteiger partial charge on any atom is 0.243 e. The summed E-state index contributed by atoms with van der Waals surface area (Å²) < 4.78 is 30.9. The average Bonchev–Trinajstić information content (AvgIpc) is 2.45. The van der Waals surface area contributed by atoms with Gasteiger partial charge in [0.2, 0.25) is 15.9 Å². The van der Waals surface area contributed by atoms with E-state index in [9.17, 15) is 13.2 Å². The molecule has 0 aliphatic heterocycles. The van der Waals surface area contributed by atoms with Gasteiger partial charge in [-0.05, 0) is 19.1 Å². The van der Waals surface area contributed by atoms with E-state index in [0.717, 1.165) is 9.87 Å². The van der Waals surface area contributed by atoms with Gasteiger partial charge in [-0.15, -0.1) is 0 Å². The van der Waals surface area contributed by atoms with Gasteiger partial charge in [0, 0.05) is 20.2 Å². The van der Waals surface area contributed by atoms with Gasteiger partial charge in [0.1, 0.15) is 0 Å². The Bertz CT molecular complexity index is 555. The molecule has 0 aliphatic carbocycles. The number of rotatable bonds is 8. The molecule has 0 aliphatic rings. The number of carbonyl (C=O) groups is 1. The van der Waals surface area contributed by atoms with E-state index in [1.54, 1.807) is 31.2 Å². The summed E-state index contributed by atoms with van der Waals surface area (Å²) in [5, 5.41) is 2.61. The number of carbonyl (C=O) groups excluding carboxylic acids is 1. The van der Waals surface area contributed by atoms with Gasteiger partial charge in [-0.1, -0.05) is 24.6 Å². The number of likely N-dealkylation sites (N-methyl/N-ethyl adjacent to an activating group) is 1. The van der Waals surface area contributed by atoms with Crippen molar-refractivity contribution in [2.45, 2.75) is 18.7 Å². The second-order valence-electron chi connectivity index (χ2n) is 4.59. The van der Waals surface area contributed by atoms with Crippen molar-refractivity contribution in [3.05, 3.63) is 29.8 Å². The summed E-state index contributed by atoms with van der Waals surface area (Å²) in [6.45, 7) is 4.37. The van der Waals surface area contributed by atoms with Crippen molar-refractivity contribution in [1.82, 2.24) is 9.62 Å². The predicted molar refractivity (Wildman–Crippen MR) is 80.5 cm³/mol. The number of ether oxygens (including phenoxy) is 1. The molecule has 7 heteroatoms. The average molecular weight is 314 g/mol. The van der Waals surface area contributed by atoms with E-state index in [1.807, 2.05) is 6.92 Å². The third-order valence-corrected chi connectivity index (χ3v) is 4.89. The normalized spacial score (nSPS) is 11.6. The molecule has 1 amide bonds. The lowest BCUT2D eigenvalue weighted by molar-refractivity contribution is -0.121. The molecule has 0 atom stereocenters. The van der Waals surface area contributed by atoms with E-state index >= 15 is 0 Å². The van der Waals surface area contributed by atoms with Crippen LogP contribution in [0.4, 0.5) is 0 Å². The highest BCUT2D eigenvalue weighted by Gasteiger charge is 2.24. The lowest BCUT2D eigenvalue weighted by Crippen LogP contribution is -2.41. The van der Waals surface area contributed by atoms with Crippen molar-refractivity contribution >= 4 is 15.9 Å². The molecule has 0 bridgehead atoms. The predicted octanol–water partition coefficient (Wildman–Crippen LogP) is 0.768. The number of hydrogen-bond donors (Lipinski definition) is 1. The van der Waals surface area contributed by atoms with Gasteiger partial charge < -0.3 is 10.1 Å². The van der Waals surface area contributed by atoms with E-state index in [-0.39, 0.29) is 23.9 Å². The summed E-state index contributed by atoms with van der Waals surface area (Å²) in [6, 6.07) is 6.57. The van der Waals surface area contributed by atoms with Gasteiger partial charge in [0.05, 0.1) is 18.0 Å². The highest BCUT2D eigenvalue weighted by molar-refractivity contribution is 7.89. The number of sulfonamides is 1. The molecule has 0 saturated carbocycles. The van der Waals surface area contributed by atoms with Crippen LogP contribution in [0.3, 0.4) is 0 Å². The van der Waals surface area contributed by atoms with Crippen LogP contribution >= 0.6 is 0 Å². The van der Waals surface area contributed by atoms with Crippen LogP contribution in [0.5, 0.6) is 0 Å². The smallest absolute Gasteiger partial charge is 0.243 e. The van der Waals surface area contributed by atoms with Crippen LogP contribution in [-0.2, 0) is 19.6 Å². The second kappa shape index (κ2) is 8.11. The first-order valence-electron chi connectivity index (χ1n) is 6.74. The molecule has 0 spiro atoms. The van der Waals surface area contributed by atoms with Crippen LogP contribution in [0.15, 0.2) is 29.2 Å². The third-order valence-electron chi connectivity index (χ3n) is 2.96. The van der Waals surface area contributed by atoms with Crippen LogP contribution < -0.4 is 5.32 Å². The van der Waals surface area contributed by atoms with Crippen molar-refractivity contribution in [2.75, 3.05) is 33.4 Å². The minimum absolute atomic E-state index is 0.194. The Kier molecular flexibility index (Phi) is 6.80. The Morgan fingerprint density at radius 3 is 2.43 bits per heavy atom. The highest BCUT2D eigenvalue weighted by Crippen LogP contribution is 2.15. The Balaban J connectivity index is 2.78. The SMILES string of the molecule is CCN(CC(=O)NCCOC)S(=O)(=O)c1ccc(C)cc1. The number of amides is 1. The molecule has 6 nitrogen and oxygen atoms in total. The summed E-state index contributed by atoms with van der Waals surface area (Å²) in [6.07, 6.45) is 0. The van der Waals surface area contributed by atoms with Crippen molar-refractivity contribution in [1.29, 1.82) is 0 Å². The topological polar surface area (TPSA) is 75.7 Å². The maximum atomic E-state index is 12.5. The van der Waals surface area contributed by atoms with Crippen LogP contribution in [0, 0.1) is 6.92 Å². The van der Waals surface area contributed by atoms with Crippen LogP contribution in [0.25, 0.3) is 0 Å². The van der Waals surface area contributed by atoms with Gasteiger partial charge in [-0.2, -0.15) is 4.31 Å². The molecule has 1 aromatic rings. The lowest BCUT2D eigenvalue weighted by Gasteiger charge is -2.20. The molecule has 0 heterocycles.